The minimum absolute atomic E-state index is 0.0277. The standard InChI is InChI=1S/C20H19NO6/c1-21-5-4-11-7-16-17(26-9-25-16)8-13(11)14(21)6-12-2-3-15-19(27-10-24-15)18(12)20(22)23/h2-3,7-8,14H,4-6,9-10H2,1H3,(H,22,23). The van der Waals surface area contributed by atoms with E-state index in [0.717, 1.165) is 24.5 Å². The number of hydrogen-bond donors (Lipinski definition) is 1. The van der Waals surface area contributed by atoms with E-state index >= 15 is 0 Å². The molecule has 0 saturated carbocycles. The van der Waals surface area contributed by atoms with Crippen LogP contribution in [0.25, 0.3) is 0 Å². The molecule has 3 aliphatic rings. The Balaban J connectivity index is 1.56. The van der Waals surface area contributed by atoms with Crippen molar-refractivity contribution in [3.05, 3.63) is 46.5 Å². The van der Waals surface area contributed by atoms with Crippen molar-refractivity contribution in [1.82, 2.24) is 0 Å². The van der Waals surface area contributed by atoms with Crippen LogP contribution in [0.1, 0.15) is 33.1 Å². The number of likely N-dealkylation sites (N-methyl/N-ethyl adjacent to an activating group) is 1. The number of rotatable bonds is 3. The van der Waals surface area contributed by atoms with Gasteiger partial charge in [-0.15, -0.1) is 0 Å². The van der Waals surface area contributed by atoms with Crippen LogP contribution < -0.4 is 29.0 Å². The molecule has 7 heteroatoms. The molecular formula is C20H19NO6. The van der Waals surface area contributed by atoms with Crippen LogP contribution in [0.2, 0.25) is 0 Å². The van der Waals surface area contributed by atoms with E-state index in [4.69, 9.17) is 18.9 Å². The minimum atomic E-state index is -1.24. The molecule has 0 aliphatic carbocycles. The lowest BCUT2D eigenvalue weighted by Gasteiger charge is -2.32. The molecule has 0 amide bonds. The van der Waals surface area contributed by atoms with Crippen LogP contribution in [0.15, 0.2) is 24.3 Å². The number of hydrogen-bond acceptors (Lipinski definition) is 6. The summed E-state index contributed by atoms with van der Waals surface area (Å²) in [6.07, 6.45) is 1.50. The molecule has 140 valence electrons. The Hall–Kier alpha value is -2.93. The number of ether oxygens (including phenoxy) is 4. The van der Waals surface area contributed by atoms with Gasteiger partial charge < -0.3 is 33.7 Å². The maximum atomic E-state index is 11.8. The Morgan fingerprint density at radius 1 is 1.11 bits per heavy atom. The third kappa shape index (κ3) is 2.57. The van der Waals surface area contributed by atoms with Gasteiger partial charge in [0.15, 0.2) is 23.0 Å². The van der Waals surface area contributed by atoms with Crippen LogP contribution >= 0.6 is 0 Å². The number of carbonyl (C=O) groups excluding carboxylic acids is 1. The molecule has 0 aromatic heterocycles. The summed E-state index contributed by atoms with van der Waals surface area (Å²) >= 11 is 0. The highest BCUT2D eigenvalue weighted by molar-refractivity contribution is 5.92. The molecule has 2 aromatic rings. The number of nitrogens with one attached hydrogen (secondary N) is 1. The van der Waals surface area contributed by atoms with Crippen molar-refractivity contribution < 1.29 is 33.7 Å². The topological polar surface area (TPSA) is 81.5 Å². The fourth-order valence-electron chi connectivity index (χ4n) is 4.22. The number of carbonyl (C=O) groups is 1. The highest BCUT2D eigenvalue weighted by atomic mass is 16.7. The first-order chi connectivity index (χ1) is 13.1. The fourth-order valence-corrected chi connectivity index (χ4v) is 4.22. The molecule has 0 saturated heterocycles. The molecule has 3 heterocycles. The summed E-state index contributed by atoms with van der Waals surface area (Å²) in [7, 11) is 2.13. The first kappa shape index (κ1) is 16.3. The molecule has 3 aliphatic heterocycles. The smallest absolute Gasteiger partial charge is 0.231 e. The second-order valence-electron chi connectivity index (χ2n) is 7.13. The average Bonchev–Trinajstić information content (AvgIpc) is 3.30. The van der Waals surface area contributed by atoms with Gasteiger partial charge in [-0.1, -0.05) is 6.07 Å². The Morgan fingerprint density at radius 3 is 2.67 bits per heavy atom. The van der Waals surface area contributed by atoms with Crippen LogP contribution in [0, 0.1) is 0 Å². The van der Waals surface area contributed by atoms with Crippen molar-refractivity contribution in [1.29, 1.82) is 0 Å². The lowest BCUT2D eigenvalue weighted by atomic mass is 9.87. The number of carboxylic acids is 1. The molecule has 2 unspecified atom stereocenters. The van der Waals surface area contributed by atoms with Gasteiger partial charge in [0, 0.05) is 24.0 Å². The molecule has 0 radical (unpaired) electrons. The number of fused-ring (bicyclic) bond motifs is 3. The highest BCUT2D eigenvalue weighted by Gasteiger charge is 2.33. The van der Waals surface area contributed by atoms with Gasteiger partial charge in [0.05, 0.1) is 19.6 Å². The monoisotopic (exact) mass is 369 g/mol. The molecule has 0 fully saturated rings. The Kier molecular flexibility index (Phi) is 3.65. The quantitative estimate of drug-likeness (QED) is 0.811. The van der Waals surface area contributed by atoms with Gasteiger partial charge >= 0.3 is 0 Å². The largest absolute Gasteiger partial charge is 0.545 e. The third-order valence-corrected chi connectivity index (χ3v) is 5.65. The van der Waals surface area contributed by atoms with E-state index < -0.39 is 5.97 Å². The summed E-state index contributed by atoms with van der Waals surface area (Å²) in [5.74, 6) is 1.01. The van der Waals surface area contributed by atoms with E-state index in [1.54, 1.807) is 12.1 Å². The van der Waals surface area contributed by atoms with Gasteiger partial charge in [0.25, 0.3) is 0 Å². The molecule has 2 aromatic carbocycles. The van der Waals surface area contributed by atoms with Gasteiger partial charge in [-0.2, -0.15) is 0 Å². The number of quaternary nitrogens is 1. The lowest BCUT2D eigenvalue weighted by molar-refractivity contribution is -0.914. The van der Waals surface area contributed by atoms with Gasteiger partial charge in [-0.05, 0) is 29.3 Å². The molecular weight excluding hydrogens is 350 g/mol. The predicted octanol–water partition coefficient (Wildman–Crippen LogP) is -0.138. The minimum Gasteiger partial charge on any atom is -0.545 e. The summed E-state index contributed by atoms with van der Waals surface area (Å²) in [5, 5.41) is 11.8. The van der Waals surface area contributed by atoms with Crippen molar-refractivity contribution in [3.8, 4) is 23.0 Å². The van der Waals surface area contributed by atoms with Crippen LogP contribution in [-0.4, -0.2) is 33.1 Å². The molecule has 5 rings (SSSR count). The first-order valence-corrected chi connectivity index (χ1v) is 8.99. The molecule has 27 heavy (non-hydrogen) atoms. The molecule has 1 N–H and O–H groups in total. The zero-order valence-electron chi connectivity index (χ0n) is 14.9. The first-order valence-electron chi connectivity index (χ1n) is 8.99. The van der Waals surface area contributed by atoms with Crippen molar-refractivity contribution in [2.45, 2.75) is 18.9 Å². The molecule has 0 spiro atoms. The zero-order valence-corrected chi connectivity index (χ0v) is 14.9. The summed E-state index contributed by atoms with van der Waals surface area (Å²) in [6, 6.07) is 7.75. The summed E-state index contributed by atoms with van der Waals surface area (Å²) in [6.45, 7) is 1.23. The van der Waals surface area contributed by atoms with Crippen molar-refractivity contribution >= 4 is 5.97 Å². The summed E-state index contributed by atoms with van der Waals surface area (Å²) in [4.78, 5) is 13.1. The highest BCUT2D eigenvalue weighted by Crippen LogP contribution is 2.40. The predicted molar refractivity (Wildman–Crippen MR) is 91.4 cm³/mol. The SMILES string of the molecule is C[NH+]1CCc2cc3c(cc2C1Cc1ccc2c(c1C(=O)[O-])OCO2)OCO3. The van der Waals surface area contributed by atoms with Crippen molar-refractivity contribution in [2.75, 3.05) is 27.2 Å². The third-order valence-electron chi connectivity index (χ3n) is 5.65. The maximum Gasteiger partial charge on any atom is 0.231 e. The van der Waals surface area contributed by atoms with Crippen LogP contribution in [-0.2, 0) is 12.8 Å². The van der Waals surface area contributed by atoms with Crippen molar-refractivity contribution in [3.63, 3.8) is 0 Å². The van der Waals surface area contributed by atoms with Gasteiger partial charge in [-0.3, -0.25) is 0 Å². The van der Waals surface area contributed by atoms with E-state index in [1.165, 1.54) is 16.0 Å². The Bertz CT molecular complexity index is 941. The molecule has 0 bridgehead atoms. The average molecular weight is 369 g/mol. The van der Waals surface area contributed by atoms with Crippen LogP contribution in [0.4, 0.5) is 0 Å². The van der Waals surface area contributed by atoms with E-state index in [-0.39, 0.29) is 30.9 Å². The number of carboxylic acid groups (broad SMARTS) is 1. The molecule has 2 atom stereocenters. The van der Waals surface area contributed by atoms with Gasteiger partial charge in [-0.25, -0.2) is 0 Å². The number of aromatic carboxylic acids is 1. The Labute approximate surface area is 156 Å². The lowest BCUT2D eigenvalue weighted by Crippen LogP contribution is -3.10. The van der Waals surface area contributed by atoms with Gasteiger partial charge in [0.2, 0.25) is 13.6 Å². The van der Waals surface area contributed by atoms with E-state index in [2.05, 4.69) is 13.1 Å². The zero-order chi connectivity index (χ0) is 18.5. The number of benzene rings is 2. The van der Waals surface area contributed by atoms with E-state index in [1.807, 2.05) is 6.07 Å². The van der Waals surface area contributed by atoms with E-state index in [0.29, 0.717) is 17.7 Å². The second-order valence-corrected chi connectivity index (χ2v) is 7.13. The van der Waals surface area contributed by atoms with Crippen molar-refractivity contribution in [2.24, 2.45) is 0 Å². The normalized spacial score (nSPS) is 21.8. The molecule has 7 nitrogen and oxygen atoms in total. The Morgan fingerprint density at radius 2 is 1.85 bits per heavy atom. The summed E-state index contributed by atoms with van der Waals surface area (Å²) in [5.41, 5.74) is 3.18. The fraction of sp³-hybridized carbons (Fsp3) is 0.350. The second kappa shape index (κ2) is 6.06. The summed E-state index contributed by atoms with van der Waals surface area (Å²) < 4.78 is 21.8. The van der Waals surface area contributed by atoms with Crippen LogP contribution in [0.5, 0.6) is 23.0 Å². The van der Waals surface area contributed by atoms with Gasteiger partial charge in [0.1, 0.15) is 6.04 Å². The maximum absolute atomic E-state index is 11.8. The van der Waals surface area contributed by atoms with E-state index in [9.17, 15) is 9.90 Å². The van der Waals surface area contributed by atoms with Crippen LogP contribution in [0.3, 0.4) is 0 Å².